The van der Waals surface area contributed by atoms with Crippen molar-refractivity contribution in [1.82, 2.24) is 0 Å². The zero-order valence-electron chi connectivity index (χ0n) is 12.4. The fourth-order valence-corrected chi connectivity index (χ4v) is 2.81. The Morgan fingerprint density at radius 2 is 1.32 bits per heavy atom. The highest BCUT2D eigenvalue weighted by molar-refractivity contribution is 5.99. The second kappa shape index (κ2) is 5.86. The molecule has 0 saturated heterocycles. The van der Waals surface area contributed by atoms with E-state index in [1.165, 1.54) is 0 Å². The third-order valence-electron chi connectivity index (χ3n) is 3.88. The summed E-state index contributed by atoms with van der Waals surface area (Å²) in [6.45, 7) is 1.95. The third-order valence-corrected chi connectivity index (χ3v) is 3.88. The van der Waals surface area contributed by atoms with Crippen molar-refractivity contribution >= 4 is 5.91 Å². The second-order valence-electron chi connectivity index (χ2n) is 5.26. The quantitative estimate of drug-likeness (QED) is 0.761. The summed E-state index contributed by atoms with van der Waals surface area (Å²) >= 11 is 0. The maximum Gasteiger partial charge on any atom is 0.248 e. The van der Waals surface area contributed by atoms with Gasteiger partial charge >= 0.3 is 0 Å². The molecule has 2 N–H and O–H groups in total. The largest absolute Gasteiger partial charge is 0.366 e. The van der Waals surface area contributed by atoms with E-state index in [0.29, 0.717) is 5.56 Å². The lowest BCUT2D eigenvalue weighted by Crippen LogP contribution is -2.13. The van der Waals surface area contributed by atoms with E-state index in [4.69, 9.17) is 5.73 Å². The van der Waals surface area contributed by atoms with Gasteiger partial charge in [0.05, 0.1) is 0 Å². The van der Waals surface area contributed by atoms with Gasteiger partial charge in [-0.1, -0.05) is 66.7 Å². The Balaban J connectivity index is 2.32. The van der Waals surface area contributed by atoms with E-state index >= 15 is 0 Å². The van der Waals surface area contributed by atoms with Gasteiger partial charge in [0.2, 0.25) is 5.91 Å². The topological polar surface area (TPSA) is 43.1 Å². The molecular weight excluding hydrogens is 270 g/mol. The molecule has 0 atom stereocenters. The molecule has 0 aliphatic rings. The van der Waals surface area contributed by atoms with Gasteiger partial charge in [-0.25, -0.2) is 0 Å². The van der Waals surface area contributed by atoms with Crippen LogP contribution in [0.2, 0.25) is 0 Å². The smallest absolute Gasteiger partial charge is 0.248 e. The molecule has 0 unspecified atom stereocenters. The molecular formula is C20H17NO. The Hall–Kier alpha value is -2.87. The summed E-state index contributed by atoms with van der Waals surface area (Å²) in [5.74, 6) is -0.394. The Bertz CT molecular complexity index is 808. The molecule has 0 fully saturated rings. The minimum Gasteiger partial charge on any atom is -0.366 e. The van der Waals surface area contributed by atoms with E-state index in [9.17, 15) is 4.79 Å². The van der Waals surface area contributed by atoms with Crippen LogP contribution >= 0.6 is 0 Å². The molecule has 0 aliphatic carbocycles. The van der Waals surface area contributed by atoms with Crippen molar-refractivity contribution < 1.29 is 4.79 Å². The predicted molar refractivity (Wildman–Crippen MR) is 90.6 cm³/mol. The van der Waals surface area contributed by atoms with Crippen LogP contribution < -0.4 is 5.73 Å². The summed E-state index contributed by atoms with van der Waals surface area (Å²) in [6.07, 6.45) is 0. The van der Waals surface area contributed by atoms with Crippen LogP contribution in [0.1, 0.15) is 15.9 Å². The molecule has 0 spiro atoms. The maximum absolute atomic E-state index is 11.7. The highest BCUT2D eigenvalue weighted by Crippen LogP contribution is 2.36. The lowest BCUT2D eigenvalue weighted by molar-refractivity contribution is 0.1000. The van der Waals surface area contributed by atoms with Gasteiger partial charge in [-0.15, -0.1) is 0 Å². The fourth-order valence-electron chi connectivity index (χ4n) is 2.81. The van der Waals surface area contributed by atoms with Gasteiger partial charge in [-0.05, 0) is 40.8 Å². The van der Waals surface area contributed by atoms with E-state index in [0.717, 1.165) is 27.8 Å². The Morgan fingerprint density at radius 3 is 1.86 bits per heavy atom. The summed E-state index contributed by atoms with van der Waals surface area (Å²) in [5, 5.41) is 0. The van der Waals surface area contributed by atoms with Crippen molar-refractivity contribution in [3.63, 3.8) is 0 Å². The van der Waals surface area contributed by atoms with Gasteiger partial charge in [-0.2, -0.15) is 0 Å². The van der Waals surface area contributed by atoms with Gasteiger partial charge in [-0.3, -0.25) is 4.79 Å². The van der Waals surface area contributed by atoms with E-state index < -0.39 is 5.91 Å². The molecule has 0 bridgehead atoms. The van der Waals surface area contributed by atoms with Crippen LogP contribution in [0, 0.1) is 6.92 Å². The highest BCUT2D eigenvalue weighted by atomic mass is 16.1. The van der Waals surface area contributed by atoms with Gasteiger partial charge in [0.1, 0.15) is 0 Å². The van der Waals surface area contributed by atoms with E-state index in [1.54, 1.807) is 0 Å². The molecule has 0 aliphatic heterocycles. The molecule has 2 heteroatoms. The predicted octanol–water partition coefficient (Wildman–Crippen LogP) is 4.43. The Kier molecular flexibility index (Phi) is 3.75. The van der Waals surface area contributed by atoms with Crippen LogP contribution in [0.5, 0.6) is 0 Å². The van der Waals surface area contributed by atoms with Crippen molar-refractivity contribution in [2.45, 2.75) is 6.92 Å². The van der Waals surface area contributed by atoms with Crippen molar-refractivity contribution in [2.24, 2.45) is 5.73 Å². The normalized spacial score (nSPS) is 10.4. The molecule has 0 aromatic heterocycles. The summed E-state index contributed by atoms with van der Waals surface area (Å²) in [4.78, 5) is 11.7. The number of rotatable bonds is 3. The molecule has 0 radical (unpaired) electrons. The summed E-state index contributed by atoms with van der Waals surface area (Å²) in [5.41, 5.74) is 11.4. The molecule has 108 valence electrons. The van der Waals surface area contributed by atoms with Crippen LogP contribution in [0.4, 0.5) is 0 Å². The highest BCUT2D eigenvalue weighted by Gasteiger charge is 2.15. The summed E-state index contributed by atoms with van der Waals surface area (Å²) in [6, 6.07) is 24.1. The summed E-state index contributed by atoms with van der Waals surface area (Å²) < 4.78 is 0. The molecule has 3 aromatic carbocycles. The van der Waals surface area contributed by atoms with Gasteiger partial charge in [0.15, 0.2) is 0 Å². The van der Waals surface area contributed by atoms with Crippen molar-refractivity contribution in [2.75, 3.05) is 0 Å². The molecule has 0 heterocycles. The lowest BCUT2D eigenvalue weighted by Gasteiger charge is -2.16. The van der Waals surface area contributed by atoms with Crippen LogP contribution in [0.3, 0.4) is 0 Å². The number of carbonyl (C=O) groups is 1. The zero-order valence-corrected chi connectivity index (χ0v) is 12.4. The first kappa shape index (κ1) is 14.1. The number of benzene rings is 3. The number of hydrogen-bond donors (Lipinski definition) is 1. The zero-order chi connectivity index (χ0) is 15.5. The Morgan fingerprint density at radius 1 is 0.773 bits per heavy atom. The SMILES string of the molecule is Cc1c(C(N)=O)ccc(-c2ccccc2)c1-c1ccccc1. The third kappa shape index (κ3) is 2.51. The van der Waals surface area contributed by atoms with E-state index in [-0.39, 0.29) is 0 Å². The van der Waals surface area contributed by atoms with E-state index in [1.807, 2.05) is 55.5 Å². The van der Waals surface area contributed by atoms with Gasteiger partial charge < -0.3 is 5.73 Å². The molecule has 1 amide bonds. The van der Waals surface area contributed by atoms with Crippen LogP contribution in [0.15, 0.2) is 72.8 Å². The number of primary amides is 1. The lowest BCUT2D eigenvalue weighted by atomic mass is 9.88. The van der Waals surface area contributed by atoms with Crippen molar-refractivity contribution in [1.29, 1.82) is 0 Å². The molecule has 3 aromatic rings. The second-order valence-corrected chi connectivity index (χ2v) is 5.26. The average Bonchev–Trinajstić information content (AvgIpc) is 2.55. The monoisotopic (exact) mass is 287 g/mol. The summed E-state index contributed by atoms with van der Waals surface area (Å²) in [7, 11) is 0. The van der Waals surface area contributed by atoms with Gasteiger partial charge in [0.25, 0.3) is 0 Å². The van der Waals surface area contributed by atoms with Crippen LogP contribution in [0.25, 0.3) is 22.3 Å². The molecule has 2 nitrogen and oxygen atoms in total. The number of carbonyl (C=O) groups excluding carboxylic acids is 1. The molecule has 3 rings (SSSR count). The fraction of sp³-hybridized carbons (Fsp3) is 0.0500. The first-order chi connectivity index (χ1) is 10.7. The molecule has 22 heavy (non-hydrogen) atoms. The molecule has 0 saturated carbocycles. The first-order valence-electron chi connectivity index (χ1n) is 7.22. The van der Waals surface area contributed by atoms with Crippen LogP contribution in [-0.2, 0) is 0 Å². The first-order valence-corrected chi connectivity index (χ1v) is 7.22. The average molecular weight is 287 g/mol. The Labute approximate surface area is 130 Å². The minimum absolute atomic E-state index is 0.394. The number of nitrogens with two attached hydrogens (primary N) is 1. The van der Waals surface area contributed by atoms with Crippen molar-refractivity contribution in [3.8, 4) is 22.3 Å². The number of amides is 1. The standard InChI is InChI=1S/C20H17NO/c1-14-17(20(21)22)12-13-18(15-8-4-2-5-9-15)19(14)16-10-6-3-7-11-16/h2-13H,1H3,(H2,21,22). The van der Waals surface area contributed by atoms with E-state index in [2.05, 4.69) is 24.3 Å². The van der Waals surface area contributed by atoms with Crippen molar-refractivity contribution in [3.05, 3.63) is 83.9 Å². The van der Waals surface area contributed by atoms with Crippen LogP contribution in [-0.4, -0.2) is 5.91 Å². The minimum atomic E-state index is -0.394. The maximum atomic E-state index is 11.7. The van der Waals surface area contributed by atoms with Gasteiger partial charge in [0, 0.05) is 5.56 Å². The number of hydrogen-bond acceptors (Lipinski definition) is 1.